The van der Waals surface area contributed by atoms with Gasteiger partial charge in [-0.05, 0) is 36.6 Å². The van der Waals surface area contributed by atoms with Gasteiger partial charge in [0, 0.05) is 30.5 Å². The first-order valence-electron chi connectivity index (χ1n) is 6.31. The minimum atomic E-state index is 0.535. The van der Waals surface area contributed by atoms with E-state index in [2.05, 4.69) is 41.1 Å². The fourth-order valence-corrected chi connectivity index (χ4v) is 2.62. The molecule has 2 N–H and O–H groups in total. The second-order valence-corrected chi connectivity index (χ2v) is 4.66. The van der Waals surface area contributed by atoms with Gasteiger partial charge in [0.1, 0.15) is 5.82 Å². The summed E-state index contributed by atoms with van der Waals surface area (Å²) in [5.74, 6) is 1.02. The van der Waals surface area contributed by atoms with E-state index in [-0.39, 0.29) is 0 Å². The second kappa shape index (κ2) is 4.42. The van der Waals surface area contributed by atoms with E-state index in [1.54, 1.807) is 0 Å². The van der Waals surface area contributed by atoms with E-state index >= 15 is 0 Å². The Labute approximate surface area is 107 Å². The topological polar surface area (TPSA) is 42.2 Å². The van der Waals surface area contributed by atoms with Crippen LogP contribution in [0.15, 0.2) is 36.5 Å². The fraction of sp³-hybridized carbons (Fsp3) is 0.267. The molecule has 0 aliphatic carbocycles. The molecule has 18 heavy (non-hydrogen) atoms. The molecule has 0 unspecified atom stereocenters. The Bertz CT molecular complexity index is 578. The van der Waals surface area contributed by atoms with E-state index in [0.717, 1.165) is 24.3 Å². The van der Waals surface area contributed by atoms with Crippen molar-refractivity contribution in [2.24, 2.45) is 5.73 Å². The van der Waals surface area contributed by atoms with Crippen LogP contribution in [0.4, 0.5) is 11.5 Å². The van der Waals surface area contributed by atoms with Crippen molar-refractivity contribution in [2.45, 2.75) is 19.9 Å². The smallest absolute Gasteiger partial charge is 0.137 e. The highest BCUT2D eigenvalue weighted by Gasteiger charge is 2.22. The average Bonchev–Trinajstić information content (AvgIpc) is 2.82. The summed E-state index contributed by atoms with van der Waals surface area (Å²) in [7, 11) is 0. The largest absolute Gasteiger partial charge is 0.326 e. The van der Waals surface area contributed by atoms with Gasteiger partial charge in [0.15, 0.2) is 0 Å². The number of fused-ring (bicyclic) bond motifs is 1. The van der Waals surface area contributed by atoms with Gasteiger partial charge in [-0.1, -0.05) is 18.2 Å². The molecular formula is C15H17N3. The van der Waals surface area contributed by atoms with Gasteiger partial charge in [0.25, 0.3) is 0 Å². The molecule has 3 rings (SSSR count). The minimum absolute atomic E-state index is 0.535. The molecule has 0 saturated carbocycles. The van der Waals surface area contributed by atoms with E-state index in [1.165, 1.54) is 16.8 Å². The number of pyridine rings is 1. The van der Waals surface area contributed by atoms with Crippen molar-refractivity contribution in [1.82, 2.24) is 4.98 Å². The zero-order valence-corrected chi connectivity index (χ0v) is 10.6. The Morgan fingerprint density at radius 3 is 2.94 bits per heavy atom. The van der Waals surface area contributed by atoms with Crippen LogP contribution in [0.3, 0.4) is 0 Å². The van der Waals surface area contributed by atoms with Gasteiger partial charge in [0.05, 0.1) is 0 Å². The van der Waals surface area contributed by atoms with E-state index < -0.39 is 0 Å². The maximum atomic E-state index is 5.87. The Kier molecular flexibility index (Phi) is 2.76. The highest BCUT2D eigenvalue weighted by Crippen LogP contribution is 2.35. The third-order valence-corrected chi connectivity index (χ3v) is 3.61. The van der Waals surface area contributed by atoms with Crippen molar-refractivity contribution in [3.05, 3.63) is 53.2 Å². The molecular weight excluding hydrogens is 222 g/mol. The number of anilines is 2. The lowest BCUT2D eigenvalue weighted by molar-refractivity contribution is 0.934. The number of rotatable bonds is 2. The van der Waals surface area contributed by atoms with Crippen LogP contribution in [0.2, 0.25) is 0 Å². The molecule has 0 bridgehead atoms. The maximum Gasteiger partial charge on any atom is 0.137 e. The summed E-state index contributed by atoms with van der Waals surface area (Å²) in [6, 6.07) is 10.5. The summed E-state index contributed by atoms with van der Waals surface area (Å²) >= 11 is 0. The molecule has 0 atom stereocenters. The van der Waals surface area contributed by atoms with Crippen LogP contribution >= 0.6 is 0 Å². The number of nitrogens with zero attached hydrogens (tertiary/aromatic N) is 2. The van der Waals surface area contributed by atoms with Crippen LogP contribution in [-0.4, -0.2) is 11.5 Å². The zero-order valence-electron chi connectivity index (χ0n) is 10.6. The zero-order chi connectivity index (χ0) is 12.5. The van der Waals surface area contributed by atoms with Crippen LogP contribution in [0, 0.1) is 6.92 Å². The minimum Gasteiger partial charge on any atom is -0.326 e. The summed E-state index contributed by atoms with van der Waals surface area (Å²) in [5.41, 5.74) is 10.9. The summed E-state index contributed by atoms with van der Waals surface area (Å²) in [4.78, 5) is 6.82. The molecule has 1 aromatic heterocycles. The number of nitrogens with two attached hydrogens (primary N) is 1. The molecule has 1 aliphatic heterocycles. The summed E-state index contributed by atoms with van der Waals surface area (Å²) in [6.07, 6.45) is 2.95. The van der Waals surface area contributed by atoms with E-state index in [0.29, 0.717) is 6.54 Å². The SMILES string of the molecule is Cc1ccnc(N2CCc3ccccc32)c1CN. The lowest BCUT2D eigenvalue weighted by atomic mass is 10.1. The van der Waals surface area contributed by atoms with Gasteiger partial charge in [-0.2, -0.15) is 0 Å². The van der Waals surface area contributed by atoms with E-state index in [9.17, 15) is 0 Å². The van der Waals surface area contributed by atoms with Gasteiger partial charge >= 0.3 is 0 Å². The van der Waals surface area contributed by atoms with Crippen molar-refractivity contribution in [1.29, 1.82) is 0 Å². The van der Waals surface area contributed by atoms with Gasteiger partial charge in [-0.25, -0.2) is 4.98 Å². The normalized spacial score (nSPS) is 13.8. The molecule has 1 aromatic carbocycles. The summed E-state index contributed by atoms with van der Waals surface area (Å²) in [6.45, 7) is 3.62. The highest BCUT2D eigenvalue weighted by molar-refractivity contribution is 5.70. The van der Waals surface area contributed by atoms with Crippen molar-refractivity contribution >= 4 is 11.5 Å². The predicted octanol–water partition coefficient (Wildman–Crippen LogP) is 2.54. The standard InChI is InChI=1S/C15H17N3/c1-11-6-8-17-15(13(11)10-16)18-9-7-12-4-2-3-5-14(12)18/h2-6,8H,7,9-10,16H2,1H3. The molecule has 92 valence electrons. The van der Waals surface area contributed by atoms with Gasteiger partial charge < -0.3 is 10.6 Å². The Hall–Kier alpha value is -1.87. The number of hydrogen-bond donors (Lipinski definition) is 1. The van der Waals surface area contributed by atoms with Crippen molar-refractivity contribution < 1.29 is 0 Å². The van der Waals surface area contributed by atoms with E-state index in [4.69, 9.17) is 5.73 Å². The van der Waals surface area contributed by atoms with Crippen LogP contribution in [-0.2, 0) is 13.0 Å². The monoisotopic (exact) mass is 239 g/mol. The molecule has 0 spiro atoms. The Balaban J connectivity index is 2.10. The van der Waals surface area contributed by atoms with Crippen LogP contribution in [0.5, 0.6) is 0 Å². The molecule has 3 nitrogen and oxygen atoms in total. The maximum absolute atomic E-state index is 5.87. The molecule has 2 aromatic rings. The molecule has 2 heterocycles. The molecule has 0 radical (unpaired) electrons. The van der Waals surface area contributed by atoms with Crippen LogP contribution < -0.4 is 10.6 Å². The lowest BCUT2D eigenvalue weighted by Gasteiger charge is -2.22. The number of para-hydroxylation sites is 1. The molecule has 1 aliphatic rings. The van der Waals surface area contributed by atoms with Gasteiger partial charge in [-0.3, -0.25) is 0 Å². The molecule has 0 fully saturated rings. The van der Waals surface area contributed by atoms with Crippen LogP contribution in [0.25, 0.3) is 0 Å². The highest BCUT2D eigenvalue weighted by atomic mass is 15.2. The first-order valence-corrected chi connectivity index (χ1v) is 6.31. The van der Waals surface area contributed by atoms with Crippen LogP contribution in [0.1, 0.15) is 16.7 Å². The summed E-state index contributed by atoms with van der Waals surface area (Å²) < 4.78 is 0. The molecule has 3 heteroatoms. The number of benzene rings is 1. The molecule has 0 saturated heterocycles. The number of aryl methyl sites for hydroxylation is 1. The average molecular weight is 239 g/mol. The fourth-order valence-electron chi connectivity index (χ4n) is 2.62. The molecule has 0 amide bonds. The number of aromatic nitrogens is 1. The van der Waals surface area contributed by atoms with Crippen molar-refractivity contribution in [3.8, 4) is 0 Å². The Morgan fingerprint density at radius 1 is 1.28 bits per heavy atom. The first kappa shape index (κ1) is 11.2. The van der Waals surface area contributed by atoms with Crippen molar-refractivity contribution in [2.75, 3.05) is 11.4 Å². The number of hydrogen-bond acceptors (Lipinski definition) is 3. The lowest BCUT2D eigenvalue weighted by Crippen LogP contribution is -2.18. The Morgan fingerprint density at radius 2 is 2.11 bits per heavy atom. The van der Waals surface area contributed by atoms with Crippen molar-refractivity contribution in [3.63, 3.8) is 0 Å². The summed E-state index contributed by atoms with van der Waals surface area (Å²) in [5, 5.41) is 0. The predicted molar refractivity (Wildman–Crippen MR) is 74.0 cm³/mol. The second-order valence-electron chi connectivity index (χ2n) is 4.66. The van der Waals surface area contributed by atoms with Gasteiger partial charge in [0.2, 0.25) is 0 Å². The third kappa shape index (κ3) is 1.68. The van der Waals surface area contributed by atoms with Gasteiger partial charge in [-0.15, -0.1) is 0 Å². The third-order valence-electron chi connectivity index (χ3n) is 3.61. The quantitative estimate of drug-likeness (QED) is 0.875. The van der Waals surface area contributed by atoms with E-state index in [1.807, 2.05) is 12.3 Å². The first-order chi connectivity index (χ1) is 8.81.